The van der Waals surface area contributed by atoms with Gasteiger partial charge in [-0.25, -0.2) is 9.78 Å². The number of nitrogens with one attached hydrogen (secondary N) is 2. The first-order chi connectivity index (χ1) is 12.0. The molecule has 0 radical (unpaired) electrons. The molecule has 0 aliphatic heterocycles. The molecule has 0 unspecified atom stereocenters. The minimum Gasteiger partial charge on any atom is -0.496 e. The number of benzene rings is 1. The summed E-state index contributed by atoms with van der Waals surface area (Å²) in [5.74, 6) is 1.39. The molecule has 7 nitrogen and oxygen atoms in total. The van der Waals surface area contributed by atoms with Crippen LogP contribution in [0.3, 0.4) is 0 Å². The number of rotatable bonds is 7. The van der Waals surface area contributed by atoms with Gasteiger partial charge in [0.05, 0.1) is 13.2 Å². The van der Waals surface area contributed by atoms with Crippen LogP contribution in [0.25, 0.3) is 0 Å². The van der Waals surface area contributed by atoms with Crippen molar-refractivity contribution in [1.82, 2.24) is 15.6 Å². The van der Waals surface area contributed by atoms with Crippen molar-refractivity contribution in [2.45, 2.75) is 12.6 Å². The molecule has 2 aromatic rings. The van der Waals surface area contributed by atoms with Gasteiger partial charge in [0.1, 0.15) is 11.6 Å². The van der Waals surface area contributed by atoms with Crippen molar-refractivity contribution >= 4 is 11.8 Å². The molecule has 0 spiro atoms. The molecule has 0 aliphatic carbocycles. The van der Waals surface area contributed by atoms with Gasteiger partial charge in [0.25, 0.3) is 0 Å². The summed E-state index contributed by atoms with van der Waals surface area (Å²) in [6.45, 7) is 0.428. The third-order valence-electron chi connectivity index (χ3n) is 3.68. The highest BCUT2D eigenvalue weighted by atomic mass is 16.5. The van der Waals surface area contributed by atoms with E-state index in [0.717, 1.165) is 11.4 Å². The van der Waals surface area contributed by atoms with Gasteiger partial charge in [0.2, 0.25) is 0 Å². The number of carbonyl (C=O) groups is 1. The third-order valence-corrected chi connectivity index (χ3v) is 3.68. The second kappa shape index (κ2) is 8.89. The van der Waals surface area contributed by atoms with E-state index >= 15 is 0 Å². The maximum atomic E-state index is 12.0. The summed E-state index contributed by atoms with van der Waals surface area (Å²) >= 11 is 0. The fourth-order valence-electron chi connectivity index (χ4n) is 2.45. The molecule has 2 amide bonds. The quantitative estimate of drug-likeness (QED) is 0.711. The summed E-state index contributed by atoms with van der Waals surface area (Å²) in [5, 5.41) is 15.7. The number of anilines is 1. The van der Waals surface area contributed by atoms with E-state index in [9.17, 15) is 9.90 Å². The van der Waals surface area contributed by atoms with Crippen molar-refractivity contribution in [2.24, 2.45) is 0 Å². The smallest absolute Gasteiger partial charge is 0.315 e. The summed E-state index contributed by atoms with van der Waals surface area (Å²) in [5.41, 5.74) is 1.54. The van der Waals surface area contributed by atoms with Crippen molar-refractivity contribution in [3.63, 3.8) is 0 Å². The van der Waals surface area contributed by atoms with Gasteiger partial charge in [-0.15, -0.1) is 0 Å². The van der Waals surface area contributed by atoms with Gasteiger partial charge in [-0.3, -0.25) is 0 Å². The largest absolute Gasteiger partial charge is 0.496 e. The lowest BCUT2D eigenvalue weighted by Crippen LogP contribution is -2.37. The van der Waals surface area contributed by atoms with E-state index in [1.807, 2.05) is 43.3 Å². The summed E-state index contributed by atoms with van der Waals surface area (Å²) in [7, 11) is 5.34. The predicted octanol–water partition coefficient (Wildman–Crippen LogP) is 1.69. The van der Waals surface area contributed by atoms with E-state index in [0.29, 0.717) is 17.9 Å². The number of nitrogens with zero attached hydrogens (tertiary/aromatic N) is 2. The maximum absolute atomic E-state index is 12.0. The number of methoxy groups -OCH3 is 1. The Balaban J connectivity index is 1.87. The van der Waals surface area contributed by atoms with Crippen LogP contribution in [0.4, 0.5) is 10.6 Å². The number of amides is 2. The summed E-state index contributed by atoms with van der Waals surface area (Å²) in [6, 6.07) is 10.5. The number of urea groups is 1. The summed E-state index contributed by atoms with van der Waals surface area (Å²) in [4.78, 5) is 18.2. The molecule has 1 atom stereocenters. The van der Waals surface area contributed by atoms with Crippen LogP contribution in [0.2, 0.25) is 0 Å². The minimum atomic E-state index is -0.849. The molecule has 134 valence electrons. The molecular formula is C18H24N4O3. The zero-order chi connectivity index (χ0) is 18.2. The molecular weight excluding hydrogens is 320 g/mol. The molecule has 1 aromatic carbocycles. The molecule has 1 heterocycles. The number of para-hydroxylation sites is 1. The van der Waals surface area contributed by atoms with Crippen LogP contribution in [0.1, 0.15) is 17.2 Å². The molecule has 3 N–H and O–H groups in total. The number of aromatic nitrogens is 1. The van der Waals surface area contributed by atoms with Gasteiger partial charge in [-0.05, 0) is 12.1 Å². The van der Waals surface area contributed by atoms with Crippen LogP contribution in [0.15, 0.2) is 42.6 Å². The normalized spacial score (nSPS) is 11.5. The minimum absolute atomic E-state index is 0.0831. The first kappa shape index (κ1) is 18.5. The lowest BCUT2D eigenvalue weighted by atomic mass is 10.1. The van der Waals surface area contributed by atoms with Crippen molar-refractivity contribution in [1.29, 1.82) is 0 Å². The van der Waals surface area contributed by atoms with Crippen LogP contribution in [-0.2, 0) is 6.54 Å². The van der Waals surface area contributed by atoms with E-state index in [2.05, 4.69) is 15.6 Å². The van der Waals surface area contributed by atoms with Crippen molar-refractivity contribution in [3.8, 4) is 5.75 Å². The predicted molar refractivity (Wildman–Crippen MR) is 96.8 cm³/mol. The fourth-order valence-corrected chi connectivity index (χ4v) is 2.45. The van der Waals surface area contributed by atoms with E-state index in [-0.39, 0.29) is 12.6 Å². The van der Waals surface area contributed by atoms with Crippen LogP contribution >= 0.6 is 0 Å². The number of hydrogen-bond acceptors (Lipinski definition) is 5. The highest BCUT2D eigenvalue weighted by molar-refractivity contribution is 5.74. The van der Waals surface area contributed by atoms with Crippen molar-refractivity contribution < 1.29 is 14.6 Å². The Morgan fingerprint density at radius 2 is 2.00 bits per heavy atom. The van der Waals surface area contributed by atoms with Crippen LogP contribution in [0.5, 0.6) is 5.75 Å². The molecule has 0 aliphatic rings. The Bertz CT molecular complexity index is 706. The number of carbonyl (C=O) groups excluding carboxylic acids is 1. The molecule has 0 saturated carbocycles. The first-order valence-electron chi connectivity index (χ1n) is 7.96. The monoisotopic (exact) mass is 344 g/mol. The SMILES string of the molecule is COc1ccccc1[C@@H](O)CNC(=O)NCc1cccnc1N(C)C. The van der Waals surface area contributed by atoms with E-state index in [1.165, 1.54) is 0 Å². The van der Waals surface area contributed by atoms with Crippen molar-refractivity contribution in [2.75, 3.05) is 32.6 Å². The number of ether oxygens (including phenoxy) is 1. The van der Waals surface area contributed by atoms with Gasteiger partial charge in [0.15, 0.2) is 0 Å². The Labute approximate surface area is 147 Å². The van der Waals surface area contributed by atoms with Gasteiger partial charge in [0, 0.05) is 44.5 Å². The zero-order valence-electron chi connectivity index (χ0n) is 14.7. The molecule has 7 heteroatoms. The van der Waals surface area contributed by atoms with Crippen LogP contribution in [-0.4, -0.2) is 43.9 Å². The van der Waals surface area contributed by atoms with Gasteiger partial charge in [-0.1, -0.05) is 24.3 Å². The molecule has 2 rings (SSSR count). The second-order valence-corrected chi connectivity index (χ2v) is 5.70. The standard InChI is InChI=1S/C18H24N4O3/c1-22(2)17-13(7-6-10-19-17)11-20-18(24)21-12-15(23)14-8-4-5-9-16(14)25-3/h4-10,15,23H,11-12H2,1-3H3,(H2,20,21,24)/t15-/m0/s1. The maximum Gasteiger partial charge on any atom is 0.315 e. The van der Waals surface area contributed by atoms with E-state index in [1.54, 1.807) is 25.4 Å². The topological polar surface area (TPSA) is 86.7 Å². The van der Waals surface area contributed by atoms with Gasteiger partial charge in [-0.2, -0.15) is 0 Å². The summed E-state index contributed by atoms with van der Waals surface area (Å²) < 4.78 is 5.21. The third kappa shape index (κ3) is 5.09. The van der Waals surface area contributed by atoms with Crippen LogP contribution < -0.4 is 20.3 Å². The first-order valence-corrected chi connectivity index (χ1v) is 7.96. The Kier molecular flexibility index (Phi) is 6.59. The van der Waals surface area contributed by atoms with Gasteiger partial charge < -0.3 is 25.4 Å². The van der Waals surface area contributed by atoms with Gasteiger partial charge >= 0.3 is 6.03 Å². The molecule has 1 aromatic heterocycles. The Morgan fingerprint density at radius 3 is 2.72 bits per heavy atom. The second-order valence-electron chi connectivity index (χ2n) is 5.70. The van der Waals surface area contributed by atoms with E-state index < -0.39 is 6.10 Å². The zero-order valence-corrected chi connectivity index (χ0v) is 14.7. The number of hydrogen-bond donors (Lipinski definition) is 3. The molecule has 25 heavy (non-hydrogen) atoms. The van der Waals surface area contributed by atoms with Crippen molar-refractivity contribution in [3.05, 3.63) is 53.7 Å². The van der Waals surface area contributed by atoms with Crippen LogP contribution in [0, 0.1) is 0 Å². The average Bonchev–Trinajstić information content (AvgIpc) is 2.64. The number of aliphatic hydroxyl groups excluding tert-OH is 1. The highest BCUT2D eigenvalue weighted by Crippen LogP contribution is 2.23. The number of aliphatic hydroxyl groups is 1. The Morgan fingerprint density at radius 1 is 1.24 bits per heavy atom. The Hall–Kier alpha value is -2.80. The molecule has 0 saturated heterocycles. The fraction of sp³-hybridized carbons (Fsp3) is 0.333. The number of pyridine rings is 1. The highest BCUT2D eigenvalue weighted by Gasteiger charge is 2.14. The van der Waals surface area contributed by atoms with E-state index in [4.69, 9.17) is 4.74 Å². The lowest BCUT2D eigenvalue weighted by Gasteiger charge is -2.17. The molecule has 0 bridgehead atoms. The lowest BCUT2D eigenvalue weighted by molar-refractivity contribution is 0.169. The summed E-state index contributed by atoms with van der Waals surface area (Å²) in [6.07, 6.45) is 0.861. The average molecular weight is 344 g/mol. The molecule has 0 fully saturated rings.